The van der Waals surface area contributed by atoms with E-state index in [4.69, 9.17) is 5.73 Å². The van der Waals surface area contributed by atoms with E-state index in [2.05, 4.69) is 15.9 Å². The highest BCUT2D eigenvalue weighted by atomic mass is 16.6. The molecule has 0 bridgehead atoms. The number of nitrogens with zero attached hydrogens (tertiary/aromatic N) is 4. The standard InChI is InChI=1S/C23H25N5O3/c1-15-4-5-17(12-22(15)28(30)31)16-6-7-20(18(11-16)13-24)26-10-8-19(14-26)27-9-2-3-21(27)23(25)29/h4-7,11-12,19,21H,2-3,8-10,14H2,1H3,(H2,25,29)/t19-,21-/m0/s1. The van der Waals surface area contributed by atoms with Crippen molar-refractivity contribution in [1.29, 1.82) is 5.26 Å². The number of hydrogen-bond acceptors (Lipinski definition) is 6. The van der Waals surface area contributed by atoms with E-state index in [1.54, 1.807) is 25.1 Å². The number of anilines is 1. The maximum Gasteiger partial charge on any atom is 0.272 e. The SMILES string of the molecule is Cc1ccc(-c2ccc(N3CC[C@H](N4CCC[C@H]4C(N)=O)C3)c(C#N)c2)cc1[N+](=O)[O-]. The zero-order chi connectivity index (χ0) is 22.1. The van der Waals surface area contributed by atoms with Gasteiger partial charge in [0.25, 0.3) is 5.69 Å². The molecule has 31 heavy (non-hydrogen) atoms. The van der Waals surface area contributed by atoms with Gasteiger partial charge in [-0.25, -0.2) is 0 Å². The van der Waals surface area contributed by atoms with E-state index in [1.807, 2.05) is 18.2 Å². The summed E-state index contributed by atoms with van der Waals surface area (Å²) >= 11 is 0. The van der Waals surface area contributed by atoms with Crippen LogP contribution in [0.5, 0.6) is 0 Å². The molecular formula is C23H25N5O3. The van der Waals surface area contributed by atoms with Gasteiger partial charge in [-0.1, -0.05) is 18.2 Å². The van der Waals surface area contributed by atoms with E-state index >= 15 is 0 Å². The molecule has 2 atom stereocenters. The number of hydrogen-bond donors (Lipinski definition) is 1. The van der Waals surface area contributed by atoms with Crippen LogP contribution in [0.15, 0.2) is 36.4 Å². The Morgan fingerprint density at radius 2 is 1.94 bits per heavy atom. The molecule has 2 aromatic carbocycles. The number of nitriles is 1. The summed E-state index contributed by atoms with van der Waals surface area (Å²) < 4.78 is 0. The first kappa shape index (κ1) is 20.8. The van der Waals surface area contributed by atoms with E-state index in [0.29, 0.717) is 16.7 Å². The van der Waals surface area contributed by atoms with Gasteiger partial charge in [0.15, 0.2) is 0 Å². The minimum absolute atomic E-state index is 0.0667. The number of carbonyl (C=O) groups excluding carboxylic acids is 1. The quantitative estimate of drug-likeness (QED) is 0.588. The van der Waals surface area contributed by atoms with Gasteiger partial charge in [0.1, 0.15) is 6.07 Å². The minimum Gasteiger partial charge on any atom is -0.369 e. The van der Waals surface area contributed by atoms with Gasteiger partial charge in [-0.3, -0.25) is 19.8 Å². The van der Waals surface area contributed by atoms with Crippen molar-refractivity contribution in [2.75, 3.05) is 24.5 Å². The Hall–Kier alpha value is -3.44. The number of nitrogens with two attached hydrogens (primary N) is 1. The summed E-state index contributed by atoms with van der Waals surface area (Å²) in [5.41, 5.74) is 9.12. The molecule has 2 saturated heterocycles. The third-order valence-electron chi connectivity index (χ3n) is 6.45. The van der Waals surface area contributed by atoms with Gasteiger partial charge < -0.3 is 10.6 Å². The molecule has 0 aromatic heterocycles. The molecule has 4 rings (SSSR count). The Morgan fingerprint density at radius 3 is 2.65 bits per heavy atom. The Balaban J connectivity index is 1.57. The van der Waals surface area contributed by atoms with E-state index in [9.17, 15) is 20.2 Å². The van der Waals surface area contributed by atoms with Crippen LogP contribution in [0.3, 0.4) is 0 Å². The van der Waals surface area contributed by atoms with Crippen LogP contribution in [-0.2, 0) is 4.79 Å². The molecule has 0 radical (unpaired) electrons. The molecule has 0 aliphatic carbocycles. The van der Waals surface area contributed by atoms with Gasteiger partial charge in [0.2, 0.25) is 5.91 Å². The summed E-state index contributed by atoms with van der Waals surface area (Å²) in [6.45, 7) is 4.13. The smallest absolute Gasteiger partial charge is 0.272 e. The lowest BCUT2D eigenvalue weighted by atomic mass is 10.00. The predicted molar refractivity (Wildman–Crippen MR) is 118 cm³/mol. The summed E-state index contributed by atoms with van der Waals surface area (Å²) in [5, 5.41) is 21.0. The number of amides is 1. The molecule has 0 saturated carbocycles. The number of nitro benzene ring substituents is 1. The normalized spacial score (nSPS) is 21.2. The second-order valence-electron chi connectivity index (χ2n) is 8.29. The molecule has 2 aliphatic rings. The van der Waals surface area contributed by atoms with E-state index in [0.717, 1.165) is 50.1 Å². The van der Waals surface area contributed by atoms with Crippen LogP contribution in [-0.4, -0.2) is 47.4 Å². The molecule has 2 N–H and O–H groups in total. The first-order chi connectivity index (χ1) is 14.9. The van der Waals surface area contributed by atoms with Crippen LogP contribution in [0.1, 0.15) is 30.4 Å². The Kier molecular flexibility index (Phi) is 5.61. The highest BCUT2D eigenvalue weighted by Crippen LogP contribution is 2.33. The molecule has 2 heterocycles. The minimum atomic E-state index is -0.388. The maximum atomic E-state index is 11.8. The highest BCUT2D eigenvalue weighted by Gasteiger charge is 2.37. The molecule has 2 fully saturated rings. The van der Waals surface area contributed by atoms with Crippen LogP contribution < -0.4 is 10.6 Å². The third kappa shape index (κ3) is 3.97. The largest absolute Gasteiger partial charge is 0.369 e. The fourth-order valence-corrected chi connectivity index (χ4v) is 4.83. The van der Waals surface area contributed by atoms with Crippen molar-refractivity contribution >= 4 is 17.3 Å². The van der Waals surface area contributed by atoms with Gasteiger partial charge in [-0.05, 0) is 56.0 Å². The zero-order valence-corrected chi connectivity index (χ0v) is 17.5. The van der Waals surface area contributed by atoms with Gasteiger partial charge in [-0.2, -0.15) is 5.26 Å². The van der Waals surface area contributed by atoms with E-state index in [1.165, 1.54) is 0 Å². The number of likely N-dealkylation sites (tertiary alicyclic amines) is 1. The summed E-state index contributed by atoms with van der Waals surface area (Å²) in [6.07, 6.45) is 2.71. The molecule has 160 valence electrons. The fourth-order valence-electron chi connectivity index (χ4n) is 4.83. The van der Waals surface area contributed by atoms with Crippen molar-refractivity contribution in [3.05, 3.63) is 57.6 Å². The van der Waals surface area contributed by atoms with Crippen molar-refractivity contribution in [3.63, 3.8) is 0 Å². The summed E-state index contributed by atoms with van der Waals surface area (Å²) in [7, 11) is 0. The second kappa shape index (κ2) is 8.36. The Morgan fingerprint density at radius 1 is 1.19 bits per heavy atom. The molecule has 2 aliphatic heterocycles. The van der Waals surface area contributed by atoms with Crippen molar-refractivity contribution in [2.45, 2.75) is 38.3 Å². The van der Waals surface area contributed by atoms with Crippen LogP contribution >= 0.6 is 0 Å². The van der Waals surface area contributed by atoms with Gasteiger partial charge in [-0.15, -0.1) is 0 Å². The predicted octanol–water partition coefficient (Wildman–Crippen LogP) is 2.97. The van der Waals surface area contributed by atoms with Crippen molar-refractivity contribution < 1.29 is 9.72 Å². The first-order valence-corrected chi connectivity index (χ1v) is 10.5. The van der Waals surface area contributed by atoms with Crippen molar-refractivity contribution in [1.82, 2.24) is 4.90 Å². The monoisotopic (exact) mass is 419 g/mol. The van der Waals surface area contributed by atoms with Crippen LogP contribution in [0.4, 0.5) is 11.4 Å². The summed E-state index contributed by atoms with van der Waals surface area (Å²) in [5.74, 6) is -0.259. The van der Waals surface area contributed by atoms with Gasteiger partial charge in [0.05, 0.1) is 22.2 Å². The van der Waals surface area contributed by atoms with E-state index in [-0.39, 0.29) is 28.6 Å². The number of benzene rings is 2. The topological polar surface area (TPSA) is 116 Å². The molecule has 1 amide bonds. The van der Waals surface area contributed by atoms with Crippen molar-refractivity contribution in [2.24, 2.45) is 5.73 Å². The van der Waals surface area contributed by atoms with Crippen LogP contribution in [0.25, 0.3) is 11.1 Å². The zero-order valence-electron chi connectivity index (χ0n) is 17.5. The van der Waals surface area contributed by atoms with E-state index < -0.39 is 0 Å². The molecular weight excluding hydrogens is 394 g/mol. The Bertz CT molecular complexity index is 1080. The number of primary amides is 1. The number of rotatable bonds is 5. The average molecular weight is 419 g/mol. The van der Waals surface area contributed by atoms with Crippen LogP contribution in [0.2, 0.25) is 0 Å². The molecule has 8 nitrogen and oxygen atoms in total. The molecule has 8 heteroatoms. The number of carbonyl (C=O) groups is 1. The highest BCUT2D eigenvalue weighted by molar-refractivity contribution is 5.80. The van der Waals surface area contributed by atoms with Crippen LogP contribution in [0, 0.1) is 28.4 Å². The van der Waals surface area contributed by atoms with Crippen molar-refractivity contribution in [3.8, 4) is 17.2 Å². The summed E-state index contributed by atoms with van der Waals surface area (Å²) in [6, 6.07) is 13.0. The average Bonchev–Trinajstić information content (AvgIpc) is 3.43. The maximum absolute atomic E-state index is 11.8. The summed E-state index contributed by atoms with van der Waals surface area (Å²) in [4.78, 5) is 27.0. The lowest BCUT2D eigenvalue weighted by molar-refractivity contribution is -0.385. The lowest BCUT2D eigenvalue weighted by Crippen LogP contribution is -2.47. The first-order valence-electron chi connectivity index (χ1n) is 10.5. The third-order valence-corrected chi connectivity index (χ3v) is 6.45. The van der Waals surface area contributed by atoms with Gasteiger partial charge in [0, 0.05) is 30.8 Å². The molecule has 0 unspecified atom stereocenters. The Labute approximate surface area is 181 Å². The second-order valence-corrected chi connectivity index (χ2v) is 8.29. The number of nitro groups is 1. The van der Waals surface area contributed by atoms with Gasteiger partial charge >= 0.3 is 0 Å². The number of aryl methyl sites for hydroxylation is 1. The fraction of sp³-hybridized carbons (Fsp3) is 0.391. The molecule has 2 aromatic rings. The molecule has 0 spiro atoms. The lowest BCUT2D eigenvalue weighted by Gasteiger charge is -2.29.